The molecule has 0 aliphatic rings. The van der Waals surface area contributed by atoms with Crippen LogP contribution in [-0.4, -0.2) is 48.3 Å². The van der Waals surface area contributed by atoms with Crippen LogP contribution < -0.4 is 16.2 Å². The molecule has 0 atom stereocenters. The molecule has 0 saturated carbocycles. The summed E-state index contributed by atoms with van der Waals surface area (Å²) in [6, 6.07) is 1.43. The number of hydrogen-bond acceptors (Lipinski definition) is 12. The molecule has 0 saturated heterocycles. The first-order valence-corrected chi connectivity index (χ1v) is 12.3. The van der Waals surface area contributed by atoms with Crippen LogP contribution in [0.5, 0.6) is 5.88 Å². The van der Waals surface area contributed by atoms with Crippen LogP contribution in [0.15, 0.2) is 18.2 Å². The molecule has 1 aromatic heterocycles. The predicted molar refractivity (Wildman–Crippen MR) is 126 cm³/mol. The highest BCUT2D eigenvalue weighted by molar-refractivity contribution is 7.53. The number of nitrogen functional groups attached to an aromatic ring is 2. The van der Waals surface area contributed by atoms with Gasteiger partial charge in [0.15, 0.2) is 0 Å². The highest BCUT2D eigenvalue weighted by Crippen LogP contribution is 2.49. The minimum atomic E-state index is -3.76. The van der Waals surface area contributed by atoms with Crippen LogP contribution in [0, 0.1) is 10.8 Å². The van der Waals surface area contributed by atoms with Crippen molar-refractivity contribution in [2.45, 2.75) is 48.0 Å². The number of allylic oxidation sites excluding steroid dienone is 1. The van der Waals surface area contributed by atoms with Gasteiger partial charge >= 0.3 is 19.5 Å². The zero-order valence-electron chi connectivity index (χ0n) is 20.5. The largest absolute Gasteiger partial charge is 0.473 e. The number of esters is 2. The molecule has 4 N–H and O–H groups in total. The van der Waals surface area contributed by atoms with Crippen molar-refractivity contribution in [2.75, 3.05) is 37.8 Å². The zero-order chi connectivity index (χ0) is 26.0. The molecule has 34 heavy (non-hydrogen) atoms. The summed E-state index contributed by atoms with van der Waals surface area (Å²) in [5, 5.41) is 0. The van der Waals surface area contributed by atoms with Crippen LogP contribution in [-0.2, 0) is 32.7 Å². The van der Waals surface area contributed by atoms with Crippen molar-refractivity contribution >= 4 is 31.3 Å². The van der Waals surface area contributed by atoms with Gasteiger partial charge < -0.3 is 25.7 Å². The fourth-order valence-electron chi connectivity index (χ4n) is 2.01. The summed E-state index contributed by atoms with van der Waals surface area (Å²) >= 11 is 0. The van der Waals surface area contributed by atoms with Gasteiger partial charge in [0.2, 0.25) is 25.4 Å². The standard InChI is InChI=1S/C21H35N4O8P/c1-20(2,3)17(26)30-13-32-34(28,33-14-31-18(27)21(4,5)6)11-9-7-8-10-29-16-12-15(22)24-19(23)25-16/h7-8,12H,9-11,13-14H2,1-6H3,(H4,22,23,24,25)/b8-7+. The van der Waals surface area contributed by atoms with Gasteiger partial charge in [-0.2, -0.15) is 9.97 Å². The molecule has 13 heteroatoms. The molecule has 0 aliphatic carbocycles. The van der Waals surface area contributed by atoms with Crippen LogP contribution >= 0.6 is 7.60 Å². The molecule has 12 nitrogen and oxygen atoms in total. The van der Waals surface area contributed by atoms with E-state index in [2.05, 4.69) is 9.97 Å². The lowest BCUT2D eigenvalue weighted by Crippen LogP contribution is -2.25. The molecular formula is C21H35N4O8P. The Kier molecular flexibility index (Phi) is 10.9. The summed E-state index contributed by atoms with van der Waals surface area (Å²) in [6.07, 6.45) is 3.57. The van der Waals surface area contributed by atoms with E-state index >= 15 is 0 Å². The average Bonchev–Trinajstić information content (AvgIpc) is 2.68. The number of ether oxygens (including phenoxy) is 3. The number of nitrogens with zero attached hydrogens (tertiary/aromatic N) is 2. The van der Waals surface area contributed by atoms with E-state index in [1.807, 2.05) is 0 Å². The molecule has 0 aromatic carbocycles. The minimum Gasteiger partial charge on any atom is -0.473 e. The van der Waals surface area contributed by atoms with Gasteiger partial charge in [-0.15, -0.1) is 0 Å². The fourth-order valence-corrected chi connectivity index (χ4v) is 3.23. The summed E-state index contributed by atoms with van der Waals surface area (Å²) in [6.45, 7) is 9.07. The number of carbonyl (C=O) groups excluding carboxylic acids is 2. The van der Waals surface area contributed by atoms with E-state index in [-0.39, 0.29) is 36.8 Å². The number of rotatable bonds is 12. The first-order valence-electron chi connectivity index (χ1n) is 10.5. The quantitative estimate of drug-likeness (QED) is 0.185. The van der Waals surface area contributed by atoms with E-state index in [1.165, 1.54) is 6.07 Å². The molecule has 0 fully saturated rings. The van der Waals surface area contributed by atoms with Crippen LogP contribution in [0.1, 0.15) is 48.0 Å². The van der Waals surface area contributed by atoms with Gasteiger partial charge in [0, 0.05) is 6.07 Å². The Bertz CT molecular complexity index is 853. The molecule has 0 spiro atoms. The Morgan fingerprint density at radius 3 is 1.94 bits per heavy atom. The van der Waals surface area contributed by atoms with Crippen LogP contribution in [0.4, 0.5) is 11.8 Å². The number of aromatic nitrogens is 2. The Morgan fingerprint density at radius 2 is 1.47 bits per heavy atom. The molecule has 0 unspecified atom stereocenters. The van der Waals surface area contributed by atoms with E-state index in [0.717, 1.165) is 0 Å². The van der Waals surface area contributed by atoms with E-state index in [4.69, 9.17) is 34.7 Å². The third-order valence-electron chi connectivity index (χ3n) is 3.91. The molecule has 0 radical (unpaired) electrons. The summed E-state index contributed by atoms with van der Waals surface area (Å²) < 4.78 is 39.0. The first-order chi connectivity index (χ1) is 15.6. The fraction of sp³-hybridized carbons (Fsp3) is 0.619. The summed E-state index contributed by atoms with van der Waals surface area (Å²) in [5.74, 6) is -0.662. The summed E-state index contributed by atoms with van der Waals surface area (Å²) in [7, 11) is -3.76. The van der Waals surface area contributed by atoms with Crippen molar-refractivity contribution in [1.29, 1.82) is 0 Å². The maximum absolute atomic E-state index is 13.1. The van der Waals surface area contributed by atoms with Crippen molar-refractivity contribution in [3.8, 4) is 5.88 Å². The molecular weight excluding hydrogens is 467 g/mol. The molecule has 1 rings (SSSR count). The Hall–Kier alpha value is -2.69. The number of nitrogens with two attached hydrogens (primary N) is 2. The van der Waals surface area contributed by atoms with Gasteiger partial charge in [-0.25, -0.2) is 0 Å². The van der Waals surface area contributed by atoms with E-state index in [0.29, 0.717) is 0 Å². The lowest BCUT2D eigenvalue weighted by Gasteiger charge is -2.21. The van der Waals surface area contributed by atoms with Gasteiger partial charge in [0.25, 0.3) is 0 Å². The van der Waals surface area contributed by atoms with Gasteiger partial charge in [-0.05, 0) is 48.0 Å². The maximum atomic E-state index is 13.1. The predicted octanol–water partition coefficient (Wildman–Crippen LogP) is 3.29. The van der Waals surface area contributed by atoms with E-state index in [9.17, 15) is 14.2 Å². The highest BCUT2D eigenvalue weighted by Gasteiger charge is 2.29. The normalized spacial score (nSPS) is 12.5. The maximum Gasteiger partial charge on any atom is 0.336 e. The summed E-state index contributed by atoms with van der Waals surface area (Å²) in [5.41, 5.74) is 9.57. The number of hydrogen-bond donors (Lipinski definition) is 2. The van der Waals surface area contributed by atoms with Crippen molar-refractivity contribution < 1.29 is 37.4 Å². The van der Waals surface area contributed by atoms with Crippen molar-refractivity contribution in [1.82, 2.24) is 9.97 Å². The Balaban J connectivity index is 2.62. The van der Waals surface area contributed by atoms with Crippen LogP contribution in [0.3, 0.4) is 0 Å². The van der Waals surface area contributed by atoms with Gasteiger partial charge in [0.1, 0.15) is 12.4 Å². The second-order valence-electron chi connectivity index (χ2n) is 9.25. The lowest BCUT2D eigenvalue weighted by molar-refractivity contribution is -0.162. The highest BCUT2D eigenvalue weighted by atomic mass is 31.2. The van der Waals surface area contributed by atoms with E-state index < -0.39 is 44.0 Å². The minimum absolute atomic E-state index is 0.00598. The smallest absolute Gasteiger partial charge is 0.336 e. The molecule has 0 aliphatic heterocycles. The number of carbonyl (C=O) groups is 2. The second-order valence-corrected chi connectivity index (χ2v) is 11.4. The zero-order valence-corrected chi connectivity index (χ0v) is 21.4. The van der Waals surface area contributed by atoms with Crippen molar-refractivity contribution in [3.63, 3.8) is 0 Å². The molecule has 1 heterocycles. The SMILES string of the molecule is CC(C)(C)C(=O)OCOP(=O)(CC/C=C/COc1cc(N)nc(N)n1)OCOC(=O)C(C)(C)C. The van der Waals surface area contributed by atoms with Crippen LogP contribution in [0.25, 0.3) is 0 Å². The van der Waals surface area contributed by atoms with E-state index in [1.54, 1.807) is 53.7 Å². The lowest BCUT2D eigenvalue weighted by atomic mass is 9.98. The third-order valence-corrected chi connectivity index (χ3v) is 5.71. The number of anilines is 2. The Morgan fingerprint density at radius 1 is 0.941 bits per heavy atom. The molecule has 0 bridgehead atoms. The topological polar surface area (TPSA) is 175 Å². The van der Waals surface area contributed by atoms with Gasteiger partial charge in [-0.1, -0.05) is 12.2 Å². The van der Waals surface area contributed by atoms with Crippen molar-refractivity contribution in [2.24, 2.45) is 10.8 Å². The van der Waals surface area contributed by atoms with Crippen LogP contribution in [0.2, 0.25) is 0 Å². The average molecular weight is 503 g/mol. The molecule has 192 valence electrons. The monoisotopic (exact) mass is 502 g/mol. The third kappa shape index (κ3) is 11.4. The second kappa shape index (κ2) is 12.7. The van der Waals surface area contributed by atoms with Crippen molar-refractivity contribution in [3.05, 3.63) is 18.2 Å². The van der Waals surface area contributed by atoms with Gasteiger partial charge in [0.05, 0.1) is 17.0 Å². The summed E-state index contributed by atoms with van der Waals surface area (Å²) in [4.78, 5) is 31.4. The Labute approximate surface area is 199 Å². The van der Waals surface area contributed by atoms with Gasteiger partial charge in [-0.3, -0.25) is 23.2 Å². The molecule has 0 amide bonds. The first kappa shape index (κ1) is 29.3. The molecule has 1 aromatic rings.